The average molecular weight is 322 g/mol. The Morgan fingerprint density at radius 3 is 3.00 bits per heavy atom. The molecule has 0 spiro atoms. The minimum Gasteiger partial charge on any atom is -0.481 e. The monoisotopic (exact) mass is 322 g/mol. The van der Waals surface area contributed by atoms with Gasteiger partial charge >= 0.3 is 5.97 Å². The third-order valence-electron chi connectivity index (χ3n) is 2.99. The highest BCUT2D eigenvalue weighted by Crippen LogP contribution is 2.30. The highest BCUT2D eigenvalue weighted by atomic mass is 32.2. The van der Waals surface area contributed by atoms with Crippen LogP contribution in [0.25, 0.3) is 16.7 Å². The maximum absolute atomic E-state index is 13.7. The van der Waals surface area contributed by atoms with Crippen molar-refractivity contribution in [1.29, 1.82) is 0 Å². The first kappa shape index (κ1) is 14.1. The van der Waals surface area contributed by atoms with E-state index in [2.05, 4.69) is 4.98 Å². The largest absolute Gasteiger partial charge is 0.481 e. The second kappa shape index (κ2) is 5.50. The Labute approximate surface area is 128 Å². The molecule has 0 bridgehead atoms. The first-order chi connectivity index (χ1) is 10.1. The van der Waals surface area contributed by atoms with Crippen molar-refractivity contribution in [3.63, 3.8) is 0 Å². The second-order valence-electron chi connectivity index (χ2n) is 4.48. The van der Waals surface area contributed by atoms with E-state index in [4.69, 9.17) is 5.11 Å². The molecule has 4 nitrogen and oxygen atoms in total. The predicted octanol–water partition coefficient (Wildman–Crippen LogP) is 3.71. The number of aryl methyl sites for hydroxylation is 1. The smallest absolute Gasteiger partial charge is 0.313 e. The summed E-state index contributed by atoms with van der Waals surface area (Å²) in [7, 11) is 0. The molecule has 7 heteroatoms. The summed E-state index contributed by atoms with van der Waals surface area (Å²) in [4.78, 5) is 15.1. The van der Waals surface area contributed by atoms with E-state index in [1.165, 1.54) is 17.4 Å². The lowest BCUT2D eigenvalue weighted by Gasteiger charge is -2.06. The van der Waals surface area contributed by atoms with Crippen molar-refractivity contribution in [1.82, 2.24) is 9.55 Å². The first-order valence-corrected chi connectivity index (χ1v) is 8.05. The van der Waals surface area contributed by atoms with Gasteiger partial charge in [-0.05, 0) is 30.0 Å². The summed E-state index contributed by atoms with van der Waals surface area (Å²) in [5.74, 6) is -1.31. The number of halogens is 1. The van der Waals surface area contributed by atoms with E-state index in [9.17, 15) is 9.18 Å². The van der Waals surface area contributed by atoms with Crippen LogP contribution in [0.3, 0.4) is 0 Å². The molecule has 0 aliphatic heterocycles. The molecule has 108 valence electrons. The number of imidazole rings is 1. The summed E-state index contributed by atoms with van der Waals surface area (Å²) < 4.78 is 15.6. The number of fused-ring (bicyclic) bond motifs is 1. The van der Waals surface area contributed by atoms with Crippen LogP contribution in [0.5, 0.6) is 0 Å². The molecule has 0 atom stereocenters. The standard InChI is InChI=1S/C14H11FN2O2S2/c1-8-4-12-11(5-10(8)15)16-14(21-7-13(18)19)17(12)9-2-3-20-6-9/h2-6H,7H2,1H3,(H,18,19). The van der Waals surface area contributed by atoms with E-state index in [-0.39, 0.29) is 11.6 Å². The van der Waals surface area contributed by atoms with E-state index in [0.29, 0.717) is 16.2 Å². The normalized spacial score (nSPS) is 11.1. The minimum atomic E-state index is -0.911. The number of benzene rings is 1. The molecule has 2 heterocycles. The molecule has 0 aliphatic carbocycles. The van der Waals surface area contributed by atoms with Crippen LogP contribution < -0.4 is 0 Å². The van der Waals surface area contributed by atoms with Crippen molar-refractivity contribution < 1.29 is 14.3 Å². The highest BCUT2D eigenvalue weighted by Gasteiger charge is 2.16. The minimum absolute atomic E-state index is 0.0884. The lowest BCUT2D eigenvalue weighted by molar-refractivity contribution is -0.133. The zero-order chi connectivity index (χ0) is 15.0. The van der Waals surface area contributed by atoms with Gasteiger partial charge in [0.1, 0.15) is 5.82 Å². The van der Waals surface area contributed by atoms with Crippen LogP contribution >= 0.6 is 23.1 Å². The second-order valence-corrected chi connectivity index (χ2v) is 6.21. The van der Waals surface area contributed by atoms with Gasteiger partial charge < -0.3 is 5.11 Å². The number of aliphatic carboxylic acids is 1. The van der Waals surface area contributed by atoms with Gasteiger partial charge in [0, 0.05) is 11.4 Å². The first-order valence-electron chi connectivity index (χ1n) is 6.12. The Kier molecular flexibility index (Phi) is 3.69. The topological polar surface area (TPSA) is 55.1 Å². The number of thioether (sulfide) groups is 1. The number of hydrogen-bond acceptors (Lipinski definition) is 4. The van der Waals surface area contributed by atoms with E-state index in [1.807, 2.05) is 21.4 Å². The Morgan fingerprint density at radius 2 is 2.33 bits per heavy atom. The van der Waals surface area contributed by atoms with Gasteiger partial charge in [0.15, 0.2) is 5.16 Å². The molecule has 21 heavy (non-hydrogen) atoms. The maximum Gasteiger partial charge on any atom is 0.313 e. The summed E-state index contributed by atoms with van der Waals surface area (Å²) in [5.41, 5.74) is 2.74. The molecule has 0 saturated carbocycles. The van der Waals surface area contributed by atoms with Crippen LogP contribution in [-0.4, -0.2) is 26.4 Å². The third kappa shape index (κ3) is 2.66. The third-order valence-corrected chi connectivity index (χ3v) is 4.59. The maximum atomic E-state index is 13.7. The van der Waals surface area contributed by atoms with Gasteiger partial charge in [-0.1, -0.05) is 11.8 Å². The SMILES string of the molecule is Cc1cc2c(cc1F)nc(SCC(=O)O)n2-c1ccsc1. The zero-order valence-corrected chi connectivity index (χ0v) is 12.7. The van der Waals surface area contributed by atoms with Crippen LogP contribution in [0.2, 0.25) is 0 Å². The summed E-state index contributed by atoms with van der Waals surface area (Å²) in [6, 6.07) is 5.05. The van der Waals surface area contributed by atoms with Gasteiger partial charge in [-0.25, -0.2) is 9.37 Å². The number of nitrogens with zero attached hydrogens (tertiary/aromatic N) is 2. The van der Waals surface area contributed by atoms with Gasteiger partial charge in [0.25, 0.3) is 0 Å². The van der Waals surface area contributed by atoms with Crippen LogP contribution in [-0.2, 0) is 4.79 Å². The number of hydrogen-bond donors (Lipinski definition) is 1. The predicted molar refractivity (Wildman–Crippen MR) is 82.0 cm³/mol. The van der Waals surface area contributed by atoms with Gasteiger partial charge in [-0.2, -0.15) is 11.3 Å². The fourth-order valence-electron chi connectivity index (χ4n) is 2.04. The fraction of sp³-hybridized carbons (Fsp3) is 0.143. The summed E-state index contributed by atoms with van der Waals surface area (Å²) in [6.45, 7) is 1.70. The molecule has 0 amide bonds. The quantitative estimate of drug-likeness (QED) is 0.744. The Balaban J connectivity index is 2.20. The van der Waals surface area contributed by atoms with Crippen molar-refractivity contribution in [3.8, 4) is 5.69 Å². The molecule has 2 aromatic heterocycles. The molecule has 3 aromatic rings. The van der Waals surface area contributed by atoms with Crippen molar-refractivity contribution >= 4 is 40.1 Å². The lowest BCUT2D eigenvalue weighted by Crippen LogP contribution is -2.01. The van der Waals surface area contributed by atoms with Crippen molar-refractivity contribution in [2.24, 2.45) is 0 Å². The number of carbonyl (C=O) groups is 1. The number of carboxylic acid groups (broad SMARTS) is 1. The molecule has 0 fully saturated rings. The van der Waals surface area contributed by atoms with Gasteiger partial charge in [-0.3, -0.25) is 9.36 Å². The Hall–Kier alpha value is -1.86. The molecule has 0 radical (unpaired) electrons. The number of rotatable bonds is 4. The molecule has 0 saturated heterocycles. The lowest BCUT2D eigenvalue weighted by atomic mass is 10.2. The summed E-state index contributed by atoms with van der Waals surface area (Å²) in [5, 5.41) is 13.3. The number of thiophene rings is 1. The Bertz CT molecular complexity index is 812. The number of carboxylic acids is 1. The molecule has 1 N–H and O–H groups in total. The van der Waals surface area contributed by atoms with Gasteiger partial charge in [0.05, 0.1) is 22.5 Å². The molecule has 0 unspecified atom stereocenters. The van der Waals surface area contributed by atoms with E-state index >= 15 is 0 Å². The molecular formula is C14H11FN2O2S2. The van der Waals surface area contributed by atoms with Crippen molar-refractivity contribution in [2.45, 2.75) is 12.1 Å². The summed E-state index contributed by atoms with van der Waals surface area (Å²) in [6.07, 6.45) is 0. The van der Waals surface area contributed by atoms with Crippen molar-refractivity contribution in [2.75, 3.05) is 5.75 Å². The van der Waals surface area contributed by atoms with Crippen LogP contribution in [0.15, 0.2) is 34.1 Å². The summed E-state index contributed by atoms with van der Waals surface area (Å²) >= 11 is 2.66. The van der Waals surface area contributed by atoms with Crippen LogP contribution in [0, 0.1) is 12.7 Å². The highest BCUT2D eigenvalue weighted by molar-refractivity contribution is 7.99. The van der Waals surface area contributed by atoms with Crippen LogP contribution in [0.4, 0.5) is 4.39 Å². The molecular weight excluding hydrogens is 311 g/mol. The van der Waals surface area contributed by atoms with E-state index < -0.39 is 5.97 Å². The molecule has 1 aromatic carbocycles. The average Bonchev–Trinajstić information content (AvgIpc) is 3.04. The van der Waals surface area contributed by atoms with E-state index in [0.717, 1.165) is 23.0 Å². The van der Waals surface area contributed by atoms with E-state index in [1.54, 1.807) is 13.0 Å². The molecule has 3 rings (SSSR count). The van der Waals surface area contributed by atoms with Gasteiger partial charge in [0.2, 0.25) is 0 Å². The molecule has 0 aliphatic rings. The van der Waals surface area contributed by atoms with Crippen LogP contribution in [0.1, 0.15) is 5.56 Å². The zero-order valence-electron chi connectivity index (χ0n) is 11.0. The van der Waals surface area contributed by atoms with Crippen molar-refractivity contribution in [3.05, 3.63) is 40.3 Å². The fourth-order valence-corrected chi connectivity index (χ4v) is 3.41. The Morgan fingerprint density at radius 1 is 1.52 bits per heavy atom. The number of aromatic nitrogens is 2. The van der Waals surface area contributed by atoms with Gasteiger partial charge in [-0.15, -0.1) is 0 Å².